The van der Waals surface area contributed by atoms with Gasteiger partial charge in [-0.15, -0.1) is 11.3 Å². The molecule has 1 heterocycles. The van der Waals surface area contributed by atoms with Crippen molar-refractivity contribution in [2.75, 3.05) is 13.7 Å². The van der Waals surface area contributed by atoms with Crippen molar-refractivity contribution in [3.8, 4) is 0 Å². The van der Waals surface area contributed by atoms with Crippen LogP contribution in [0.15, 0.2) is 6.07 Å². The Labute approximate surface area is 121 Å². The maximum Gasteiger partial charge on any atom is 0.0659 e. The molecule has 0 aromatic carbocycles. The highest BCUT2D eigenvalue weighted by Gasteiger charge is 2.23. The van der Waals surface area contributed by atoms with E-state index < -0.39 is 0 Å². The lowest BCUT2D eigenvalue weighted by Crippen LogP contribution is -2.33. The van der Waals surface area contributed by atoms with Crippen molar-refractivity contribution >= 4 is 33.9 Å². The molecule has 0 saturated carbocycles. The third-order valence-electron chi connectivity index (χ3n) is 3.32. The van der Waals surface area contributed by atoms with Gasteiger partial charge in [0.1, 0.15) is 0 Å². The Bertz CT molecular complexity index is 366. The molecule has 0 amide bonds. The summed E-state index contributed by atoms with van der Waals surface area (Å²) in [6.45, 7) is 3.10. The SMILES string of the molecule is COCCC(C)NC1CCCc2sc(I)cc21. The van der Waals surface area contributed by atoms with E-state index in [2.05, 4.69) is 40.9 Å². The lowest BCUT2D eigenvalue weighted by Gasteiger charge is -2.27. The number of fused-ring (bicyclic) bond motifs is 1. The largest absolute Gasteiger partial charge is 0.385 e. The Kier molecular flexibility index (Phi) is 5.26. The van der Waals surface area contributed by atoms with Crippen LogP contribution in [-0.4, -0.2) is 19.8 Å². The average molecular weight is 365 g/mol. The van der Waals surface area contributed by atoms with E-state index in [-0.39, 0.29) is 0 Å². The summed E-state index contributed by atoms with van der Waals surface area (Å²) < 4.78 is 6.56. The molecule has 0 fully saturated rings. The minimum Gasteiger partial charge on any atom is -0.385 e. The van der Waals surface area contributed by atoms with E-state index in [1.807, 2.05) is 11.3 Å². The van der Waals surface area contributed by atoms with Gasteiger partial charge in [0.15, 0.2) is 0 Å². The third-order valence-corrected chi connectivity index (χ3v) is 5.30. The lowest BCUT2D eigenvalue weighted by molar-refractivity contribution is 0.182. The molecule has 0 aliphatic heterocycles. The van der Waals surface area contributed by atoms with Gasteiger partial charge in [-0.2, -0.15) is 0 Å². The highest BCUT2D eigenvalue weighted by Crippen LogP contribution is 2.36. The summed E-state index contributed by atoms with van der Waals surface area (Å²) in [5.74, 6) is 0. The molecule has 0 radical (unpaired) electrons. The van der Waals surface area contributed by atoms with E-state index in [0.29, 0.717) is 12.1 Å². The van der Waals surface area contributed by atoms with Crippen LogP contribution in [0.1, 0.15) is 42.7 Å². The van der Waals surface area contributed by atoms with E-state index in [0.717, 1.165) is 13.0 Å². The Morgan fingerprint density at radius 3 is 3.24 bits per heavy atom. The highest BCUT2D eigenvalue weighted by molar-refractivity contribution is 14.1. The van der Waals surface area contributed by atoms with Crippen molar-refractivity contribution in [1.82, 2.24) is 5.32 Å². The second-order valence-electron chi connectivity index (χ2n) is 4.72. The number of thiophene rings is 1. The minimum atomic E-state index is 0.531. The molecule has 2 nitrogen and oxygen atoms in total. The third kappa shape index (κ3) is 3.66. The number of ether oxygens (including phenoxy) is 1. The number of aryl methyl sites for hydroxylation is 1. The van der Waals surface area contributed by atoms with Crippen LogP contribution < -0.4 is 5.32 Å². The predicted molar refractivity (Wildman–Crippen MR) is 81.8 cm³/mol. The molecule has 1 aromatic rings. The second kappa shape index (κ2) is 6.50. The van der Waals surface area contributed by atoms with E-state index in [1.54, 1.807) is 17.6 Å². The van der Waals surface area contributed by atoms with Crippen molar-refractivity contribution in [3.05, 3.63) is 19.4 Å². The van der Waals surface area contributed by atoms with Crippen molar-refractivity contribution in [3.63, 3.8) is 0 Å². The maximum absolute atomic E-state index is 5.14. The Morgan fingerprint density at radius 2 is 2.47 bits per heavy atom. The Hall–Kier alpha value is 0.350. The topological polar surface area (TPSA) is 21.3 Å². The summed E-state index contributed by atoms with van der Waals surface area (Å²) in [5.41, 5.74) is 1.55. The first-order valence-corrected chi connectivity index (χ1v) is 8.13. The summed E-state index contributed by atoms with van der Waals surface area (Å²) in [6.07, 6.45) is 4.95. The molecule has 1 N–H and O–H groups in total. The summed E-state index contributed by atoms with van der Waals surface area (Å²) in [6, 6.07) is 3.45. The van der Waals surface area contributed by atoms with Crippen LogP contribution in [0.25, 0.3) is 0 Å². The zero-order valence-electron chi connectivity index (χ0n) is 10.5. The fourth-order valence-corrected chi connectivity index (χ4v) is 4.54. The van der Waals surface area contributed by atoms with Crippen LogP contribution in [0.5, 0.6) is 0 Å². The number of rotatable bonds is 5. The maximum atomic E-state index is 5.14. The molecule has 2 atom stereocenters. The van der Waals surface area contributed by atoms with Gasteiger partial charge < -0.3 is 10.1 Å². The van der Waals surface area contributed by atoms with Crippen LogP contribution in [-0.2, 0) is 11.2 Å². The van der Waals surface area contributed by atoms with Crippen LogP contribution in [0.4, 0.5) is 0 Å². The first-order valence-electron chi connectivity index (χ1n) is 6.23. The summed E-state index contributed by atoms with van der Waals surface area (Å²) in [7, 11) is 1.77. The molecule has 1 aliphatic rings. The summed E-state index contributed by atoms with van der Waals surface area (Å²) >= 11 is 4.40. The van der Waals surface area contributed by atoms with Crippen molar-refractivity contribution < 1.29 is 4.74 Å². The van der Waals surface area contributed by atoms with Crippen molar-refractivity contribution in [2.24, 2.45) is 0 Å². The zero-order valence-corrected chi connectivity index (χ0v) is 13.4. The Balaban J connectivity index is 1.98. The van der Waals surface area contributed by atoms with Crippen LogP contribution in [0.2, 0.25) is 0 Å². The molecule has 96 valence electrons. The van der Waals surface area contributed by atoms with Crippen molar-refractivity contribution in [1.29, 1.82) is 0 Å². The van der Waals surface area contributed by atoms with Gasteiger partial charge in [-0.25, -0.2) is 0 Å². The van der Waals surface area contributed by atoms with E-state index in [9.17, 15) is 0 Å². The van der Waals surface area contributed by atoms with Crippen LogP contribution in [0.3, 0.4) is 0 Å². The molecule has 4 heteroatoms. The number of nitrogens with one attached hydrogen (secondary N) is 1. The zero-order chi connectivity index (χ0) is 12.3. The molecule has 2 unspecified atom stereocenters. The molecule has 0 bridgehead atoms. The fourth-order valence-electron chi connectivity index (χ4n) is 2.42. The molecule has 17 heavy (non-hydrogen) atoms. The molecular formula is C13H20INOS. The van der Waals surface area contributed by atoms with Gasteiger partial charge >= 0.3 is 0 Å². The van der Waals surface area contributed by atoms with Crippen molar-refractivity contribution in [2.45, 2.75) is 44.7 Å². The molecule has 0 spiro atoms. The Morgan fingerprint density at radius 1 is 1.65 bits per heavy atom. The van der Waals surface area contributed by atoms with E-state index in [1.165, 1.54) is 22.1 Å². The molecular weight excluding hydrogens is 345 g/mol. The number of methoxy groups -OCH3 is 1. The minimum absolute atomic E-state index is 0.531. The monoisotopic (exact) mass is 365 g/mol. The average Bonchev–Trinajstić information content (AvgIpc) is 2.68. The van der Waals surface area contributed by atoms with Gasteiger partial charge in [-0.05, 0) is 66.8 Å². The van der Waals surface area contributed by atoms with Gasteiger partial charge in [-0.3, -0.25) is 0 Å². The quantitative estimate of drug-likeness (QED) is 0.803. The number of hydrogen-bond donors (Lipinski definition) is 1. The first-order chi connectivity index (χ1) is 8.20. The van der Waals surface area contributed by atoms with Gasteiger partial charge in [0.25, 0.3) is 0 Å². The lowest BCUT2D eigenvalue weighted by atomic mass is 9.93. The normalized spacial score (nSPS) is 21.2. The molecule has 2 rings (SSSR count). The van der Waals surface area contributed by atoms with Gasteiger partial charge in [0, 0.05) is 30.7 Å². The number of hydrogen-bond acceptors (Lipinski definition) is 3. The van der Waals surface area contributed by atoms with Gasteiger partial charge in [0.2, 0.25) is 0 Å². The second-order valence-corrected chi connectivity index (χ2v) is 7.75. The first kappa shape index (κ1) is 13.8. The van der Waals surface area contributed by atoms with Gasteiger partial charge in [0.05, 0.1) is 2.88 Å². The van der Waals surface area contributed by atoms with Crippen LogP contribution in [0, 0.1) is 2.88 Å². The van der Waals surface area contributed by atoms with E-state index >= 15 is 0 Å². The van der Waals surface area contributed by atoms with Gasteiger partial charge in [-0.1, -0.05) is 0 Å². The molecule has 1 aromatic heterocycles. The summed E-state index contributed by atoms with van der Waals surface area (Å²) in [5, 5.41) is 3.75. The predicted octanol–water partition coefficient (Wildman–Crippen LogP) is 3.74. The fraction of sp³-hybridized carbons (Fsp3) is 0.692. The molecule has 0 saturated heterocycles. The number of halogens is 1. The highest BCUT2D eigenvalue weighted by atomic mass is 127. The summed E-state index contributed by atoms with van der Waals surface area (Å²) in [4.78, 5) is 1.59. The standard InChI is InChI=1S/C13H20INOS/c1-9(6-7-16-2)15-11-4-3-5-12-10(11)8-13(14)17-12/h8-9,11,15H,3-7H2,1-2H3. The molecule has 1 aliphatic carbocycles. The smallest absolute Gasteiger partial charge is 0.0659 e. The van der Waals surface area contributed by atoms with Crippen LogP contribution >= 0.6 is 33.9 Å². The van der Waals surface area contributed by atoms with E-state index in [4.69, 9.17) is 4.74 Å².